The molecule has 0 amide bonds. The number of aromatic nitrogens is 1. The quantitative estimate of drug-likeness (QED) is 0.155. The number of hydrogen-bond acceptors (Lipinski definition) is 1. The molecule has 0 radical (unpaired) electrons. The van der Waals surface area contributed by atoms with E-state index in [1.54, 1.807) is 0 Å². The summed E-state index contributed by atoms with van der Waals surface area (Å²) in [4.78, 5) is 2.49. The zero-order valence-corrected chi connectivity index (χ0v) is 41.6. The summed E-state index contributed by atoms with van der Waals surface area (Å²) in [5.41, 5.74) is 26.1. The third kappa shape index (κ3) is 5.81. The molecule has 2 aliphatic carbocycles. The van der Waals surface area contributed by atoms with Crippen LogP contribution in [0, 0.1) is 0 Å². The summed E-state index contributed by atoms with van der Waals surface area (Å²) in [5.74, 6) is 0. The van der Waals surface area contributed by atoms with Gasteiger partial charge < -0.3 is 9.47 Å². The van der Waals surface area contributed by atoms with Crippen LogP contribution in [0.2, 0.25) is 0 Å². The molecule has 1 aromatic heterocycles. The third-order valence-corrected chi connectivity index (χ3v) is 17.1. The highest BCUT2D eigenvalue weighted by Gasteiger charge is 2.51. The fraction of sp³-hybridized carbons (Fsp3) is 0.0270. The van der Waals surface area contributed by atoms with Crippen LogP contribution in [0.5, 0.6) is 0 Å². The molecule has 3 aliphatic rings. The van der Waals surface area contributed by atoms with Gasteiger partial charge in [-0.1, -0.05) is 243 Å². The van der Waals surface area contributed by atoms with Crippen LogP contribution in [0.15, 0.2) is 291 Å². The monoisotopic (exact) mass is 964 g/mol. The Hall–Kier alpha value is -9.76. The van der Waals surface area contributed by atoms with E-state index in [-0.39, 0.29) is 0 Å². The van der Waals surface area contributed by atoms with Gasteiger partial charge in [-0.3, -0.25) is 0 Å². The molecule has 0 fully saturated rings. The SMILES string of the molecule is c1ccc(-c2ccc(-c3ccc(N(c4ccc5c(c4)-c4ccccc4C54c5ccccc5-n5c6ccccc6c6cccc4c65)c4ccc5c(c4)C(c4ccccc4)(c4ccccc4)c4ccccc4-5)cc3)cc2)cc1. The van der Waals surface area contributed by atoms with Crippen molar-refractivity contribution in [1.82, 2.24) is 4.57 Å². The minimum Gasteiger partial charge on any atom is -0.310 e. The molecule has 0 N–H and O–H groups in total. The van der Waals surface area contributed by atoms with Gasteiger partial charge in [0.1, 0.15) is 0 Å². The number of para-hydroxylation sites is 3. The Morgan fingerprint density at radius 1 is 0.263 bits per heavy atom. The number of rotatable bonds is 7. The summed E-state index contributed by atoms with van der Waals surface area (Å²) in [6.07, 6.45) is 0. The van der Waals surface area contributed by atoms with Gasteiger partial charge in [0.15, 0.2) is 0 Å². The van der Waals surface area contributed by atoms with Crippen LogP contribution in [-0.4, -0.2) is 4.57 Å². The van der Waals surface area contributed by atoms with Gasteiger partial charge in [-0.25, -0.2) is 0 Å². The molecule has 1 spiro atoms. The van der Waals surface area contributed by atoms with Gasteiger partial charge in [0.2, 0.25) is 0 Å². The zero-order chi connectivity index (χ0) is 50.0. The van der Waals surface area contributed by atoms with E-state index in [1.165, 1.54) is 117 Å². The maximum Gasteiger partial charge on any atom is 0.0754 e. The first-order valence-corrected chi connectivity index (χ1v) is 26.5. The van der Waals surface area contributed by atoms with Crippen LogP contribution < -0.4 is 4.90 Å². The fourth-order valence-corrected chi connectivity index (χ4v) is 14.0. The lowest BCUT2D eigenvalue weighted by Crippen LogP contribution is -2.33. The number of anilines is 3. The van der Waals surface area contributed by atoms with E-state index in [9.17, 15) is 0 Å². The number of nitrogens with zero attached hydrogens (tertiary/aromatic N) is 2. The number of fused-ring (bicyclic) bond motifs is 15. The summed E-state index contributed by atoms with van der Waals surface area (Å²) in [7, 11) is 0. The first-order chi connectivity index (χ1) is 37.7. The van der Waals surface area contributed by atoms with Crippen LogP contribution in [0.4, 0.5) is 17.1 Å². The maximum absolute atomic E-state index is 2.52. The highest BCUT2D eigenvalue weighted by Crippen LogP contribution is 2.62. The lowest BCUT2D eigenvalue weighted by Gasteiger charge is -2.39. The molecule has 12 aromatic carbocycles. The van der Waals surface area contributed by atoms with Crippen molar-refractivity contribution in [2.75, 3.05) is 4.90 Å². The molecule has 0 bridgehead atoms. The average Bonchev–Trinajstić information content (AvgIpc) is 4.31. The molecule has 1 atom stereocenters. The minimum atomic E-state index is -0.549. The largest absolute Gasteiger partial charge is 0.310 e. The summed E-state index contributed by atoms with van der Waals surface area (Å²) in [5, 5.41) is 2.56. The summed E-state index contributed by atoms with van der Waals surface area (Å²) < 4.78 is 2.52. The Morgan fingerprint density at radius 2 is 0.724 bits per heavy atom. The topological polar surface area (TPSA) is 8.17 Å². The van der Waals surface area contributed by atoms with E-state index >= 15 is 0 Å². The second-order valence-electron chi connectivity index (χ2n) is 20.7. The van der Waals surface area contributed by atoms with E-state index < -0.39 is 10.8 Å². The van der Waals surface area contributed by atoms with Gasteiger partial charge in [-0.05, 0) is 138 Å². The van der Waals surface area contributed by atoms with Crippen LogP contribution in [0.1, 0.15) is 44.5 Å². The van der Waals surface area contributed by atoms with Crippen molar-refractivity contribution >= 4 is 38.9 Å². The smallest absolute Gasteiger partial charge is 0.0754 e. The van der Waals surface area contributed by atoms with Gasteiger partial charge in [-0.15, -0.1) is 0 Å². The maximum atomic E-state index is 2.52. The zero-order valence-electron chi connectivity index (χ0n) is 41.6. The van der Waals surface area contributed by atoms with Crippen molar-refractivity contribution in [2.24, 2.45) is 0 Å². The molecule has 0 saturated carbocycles. The van der Waals surface area contributed by atoms with E-state index in [1.807, 2.05) is 0 Å². The molecular weight excluding hydrogens is 917 g/mol. The highest BCUT2D eigenvalue weighted by atomic mass is 15.1. The van der Waals surface area contributed by atoms with Gasteiger partial charge in [-0.2, -0.15) is 0 Å². The molecule has 354 valence electrons. The molecule has 1 aliphatic heterocycles. The Kier molecular flexibility index (Phi) is 9.20. The van der Waals surface area contributed by atoms with E-state index in [0.29, 0.717) is 0 Å². The normalized spacial score (nSPS) is 15.0. The first kappa shape index (κ1) is 42.7. The molecule has 2 nitrogen and oxygen atoms in total. The molecule has 16 rings (SSSR count). The lowest BCUT2D eigenvalue weighted by molar-refractivity contribution is 0.748. The van der Waals surface area contributed by atoms with Gasteiger partial charge >= 0.3 is 0 Å². The van der Waals surface area contributed by atoms with E-state index in [0.717, 1.165) is 17.1 Å². The predicted molar refractivity (Wildman–Crippen MR) is 315 cm³/mol. The fourth-order valence-electron chi connectivity index (χ4n) is 14.0. The molecular formula is C74H48N2. The van der Waals surface area contributed by atoms with Gasteiger partial charge in [0, 0.05) is 27.8 Å². The van der Waals surface area contributed by atoms with Crippen molar-refractivity contribution in [3.05, 3.63) is 336 Å². The van der Waals surface area contributed by atoms with Crippen molar-refractivity contribution in [1.29, 1.82) is 0 Å². The average molecular weight is 965 g/mol. The molecule has 0 saturated heterocycles. The second kappa shape index (κ2) is 16.4. The Bertz CT molecular complexity index is 4400. The number of benzene rings is 12. The number of hydrogen-bond donors (Lipinski definition) is 0. The Labute approximate surface area is 442 Å². The van der Waals surface area contributed by atoms with Gasteiger partial charge in [0.25, 0.3) is 0 Å². The van der Waals surface area contributed by atoms with Crippen LogP contribution in [0.25, 0.3) is 72.0 Å². The van der Waals surface area contributed by atoms with Crippen molar-refractivity contribution in [3.8, 4) is 50.2 Å². The van der Waals surface area contributed by atoms with Crippen LogP contribution >= 0.6 is 0 Å². The molecule has 13 aromatic rings. The van der Waals surface area contributed by atoms with Crippen molar-refractivity contribution in [2.45, 2.75) is 10.8 Å². The van der Waals surface area contributed by atoms with Crippen molar-refractivity contribution in [3.63, 3.8) is 0 Å². The van der Waals surface area contributed by atoms with E-state index in [2.05, 4.69) is 301 Å². The summed E-state index contributed by atoms with van der Waals surface area (Å²) >= 11 is 0. The third-order valence-electron chi connectivity index (χ3n) is 17.1. The molecule has 1 unspecified atom stereocenters. The van der Waals surface area contributed by atoms with Crippen LogP contribution in [0.3, 0.4) is 0 Å². The minimum absolute atomic E-state index is 0.544. The molecule has 2 heteroatoms. The highest BCUT2D eigenvalue weighted by molar-refractivity contribution is 6.13. The molecule has 2 heterocycles. The molecule has 76 heavy (non-hydrogen) atoms. The van der Waals surface area contributed by atoms with Crippen molar-refractivity contribution < 1.29 is 0 Å². The predicted octanol–water partition coefficient (Wildman–Crippen LogP) is 18.6. The summed E-state index contributed by atoms with van der Waals surface area (Å²) in [6.45, 7) is 0. The Balaban J connectivity index is 0.924. The standard InChI is InChI=1S/C74H48N2/c1-4-19-49(20-5-1)50-35-37-51(38-36-50)52-39-41-55(42-40-52)75(57-43-45-60-58-25-10-13-29-64(58)73(69(60)48-57,53-21-6-2-7-22-53)54-23-8-3-9-24-54)56-44-46-66-63(47-56)59-26-11-14-30-65(59)74(66)67-31-15-17-34-71(67)76-70-33-16-12-27-61(70)62-28-18-32-68(74)72(62)76/h1-48H. The lowest BCUT2D eigenvalue weighted by atomic mass is 9.65. The van der Waals surface area contributed by atoms with Gasteiger partial charge in [0.05, 0.1) is 27.6 Å². The second-order valence-corrected chi connectivity index (χ2v) is 20.7. The van der Waals surface area contributed by atoms with E-state index in [4.69, 9.17) is 0 Å². The first-order valence-electron chi connectivity index (χ1n) is 26.5. The summed E-state index contributed by atoms with van der Waals surface area (Å²) in [6, 6.07) is 109. The van der Waals surface area contributed by atoms with Crippen LogP contribution in [-0.2, 0) is 10.8 Å². The Morgan fingerprint density at radius 3 is 1.42 bits per heavy atom.